The molecular weight excluding hydrogens is 430 g/mol. The summed E-state index contributed by atoms with van der Waals surface area (Å²) in [6.45, 7) is 6.14. The summed E-state index contributed by atoms with van der Waals surface area (Å²) >= 11 is 0. The van der Waals surface area contributed by atoms with E-state index in [1.165, 1.54) is 11.1 Å². The molecule has 4 aromatic carbocycles. The molecule has 35 heavy (non-hydrogen) atoms. The molecule has 0 bridgehead atoms. The summed E-state index contributed by atoms with van der Waals surface area (Å²) < 4.78 is 0. The summed E-state index contributed by atoms with van der Waals surface area (Å²) in [5.41, 5.74) is 11.0. The third-order valence-corrected chi connectivity index (χ3v) is 6.56. The van der Waals surface area contributed by atoms with Crippen molar-refractivity contribution in [3.8, 4) is 11.1 Å². The third kappa shape index (κ3) is 3.64. The number of aromatic nitrogens is 1. The van der Waals surface area contributed by atoms with Gasteiger partial charge in [-0.15, -0.1) is 0 Å². The molecule has 1 heterocycles. The molecule has 0 aliphatic heterocycles. The molecule has 4 nitrogen and oxygen atoms in total. The van der Waals surface area contributed by atoms with Gasteiger partial charge in [0.2, 0.25) is 0 Å². The zero-order valence-corrected chi connectivity index (χ0v) is 19.9. The molecule has 0 saturated heterocycles. The minimum Gasteiger partial charge on any atom is -0.355 e. The first-order valence-corrected chi connectivity index (χ1v) is 11.8. The van der Waals surface area contributed by atoms with Crippen molar-refractivity contribution in [3.05, 3.63) is 113 Å². The number of nitrogens with one attached hydrogen (secondary N) is 2. The van der Waals surface area contributed by atoms with Gasteiger partial charge in [0.05, 0.1) is 22.5 Å². The lowest BCUT2D eigenvalue weighted by molar-refractivity contribution is 0.104. The molecule has 1 aromatic heterocycles. The molecule has 2 N–H and O–H groups in total. The number of fused-ring (bicyclic) bond motifs is 2. The molecule has 5 aromatic rings. The van der Waals surface area contributed by atoms with Crippen molar-refractivity contribution >= 4 is 39.4 Å². The average molecular weight is 456 g/mol. The van der Waals surface area contributed by atoms with E-state index in [2.05, 4.69) is 66.9 Å². The predicted molar refractivity (Wildman–Crippen MR) is 144 cm³/mol. The minimum absolute atomic E-state index is 0.0141. The van der Waals surface area contributed by atoms with Crippen molar-refractivity contribution in [1.82, 2.24) is 4.98 Å². The Morgan fingerprint density at radius 3 is 1.83 bits per heavy atom. The summed E-state index contributed by atoms with van der Waals surface area (Å²) in [6, 6.07) is 28.4. The highest BCUT2D eigenvalue weighted by molar-refractivity contribution is 6.29. The van der Waals surface area contributed by atoms with E-state index in [0.717, 1.165) is 56.0 Å². The fraction of sp³-hybridized carbons (Fsp3) is 0.0968. The number of nitrogens with zero attached hydrogens (tertiary/aromatic N) is 1. The van der Waals surface area contributed by atoms with Crippen LogP contribution in [0, 0.1) is 20.8 Å². The summed E-state index contributed by atoms with van der Waals surface area (Å²) in [6.07, 6.45) is 0. The zero-order valence-electron chi connectivity index (χ0n) is 19.9. The van der Waals surface area contributed by atoms with Crippen LogP contribution in [0.3, 0.4) is 0 Å². The number of ketones is 1. The van der Waals surface area contributed by atoms with E-state index in [9.17, 15) is 4.79 Å². The lowest BCUT2D eigenvalue weighted by Crippen LogP contribution is -2.14. The zero-order chi connectivity index (χ0) is 24.1. The van der Waals surface area contributed by atoms with Gasteiger partial charge in [-0.25, -0.2) is 0 Å². The van der Waals surface area contributed by atoms with Crippen LogP contribution < -0.4 is 10.6 Å². The van der Waals surface area contributed by atoms with Gasteiger partial charge < -0.3 is 10.6 Å². The second-order valence-corrected chi connectivity index (χ2v) is 9.24. The lowest BCUT2D eigenvalue weighted by atomic mass is 9.82. The standard InChI is InChI=1S/C31H25N3O/c1-18-8-12-21(13-9-18)33-26-17-27(34-22-14-10-19(2)11-15-22)30-28-25(16-20(3)32-30)23-6-4-5-7-24(23)31(35)29(26)28/h4-17,33-34H,1-3H3. The van der Waals surface area contributed by atoms with Crippen LogP contribution in [-0.2, 0) is 0 Å². The minimum atomic E-state index is 0.0141. The number of benzene rings is 4. The predicted octanol–water partition coefficient (Wildman–Crippen LogP) is 7.86. The number of aryl methyl sites for hydroxylation is 3. The van der Waals surface area contributed by atoms with Crippen LogP contribution >= 0.6 is 0 Å². The first-order chi connectivity index (χ1) is 17.0. The van der Waals surface area contributed by atoms with Gasteiger partial charge in [0, 0.05) is 28.0 Å². The molecule has 1 aliphatic carbocycles. The van der Waals surface area contributed by atoms with E-state index in [0.29, 0.717) is 5.56 Å². The Hall–Kier alpha value is -4.44. The van der Waals surface area contributed by atoms with Gasteiger partial charge in [0.1, 0.15) is 0 Å². The SMILES string of the molecule is Cc1ccc(Nc2cc(Nc3ccc(C)cc3)c3nc(C)cc4c3c2C(=O)c2ccccc2-4)cc1. The highest BCUT2D eigenvalue weighted by Crippen LogP contribution is 2.45. The van der Waals surface area contributed by atoms with Crippen molar-refractivity contribution in [3.63, 3.8) is 0 Å². The molecule has 0 spiro atoms. The Labute approximate surface area is 204 Å². The Morgan fingerprint density at radius 1 is 0.629 bits per heavy atom. The fourth-order valence-electron chi connectivity index (χ4n) is 4.82. The maximum Gasteiger partial charge on any atom is 0.196 e. The number of pyridine rings is 1. The van der Waals surface area contributed by atoms with Crippen LogP contribution in [0.2, 0.25) is 0 Å². The van der Waals surface area contributed by atoms with Crippen LogP contribution in [0.25, 0.3) is 22.0 Å². The molecule has 0 radical (unpaired) electrons. The third-order valence-electron chi connectivity index (χ3n) is 6.56. The average Bonchev–Trinajstić information content (AvgIpc) is 2.86. The maximum atomic E-state index is 13.9. The molecule has 0 amide bonds. The number of hydrogen-bond acceptors (Lipinski definition) is 4. The Morgan fingerprint density at radius 2 is 1.20 bits per heavy atom. The summed E-state index contributed by atoms with van der Waals surface area (Å²) in [7, 11) is 0. The summed E-state index contributed by atoms with van der Waals surface area (Å²) in [5, 5.41) is 7.97. The molecule has 0 atom stereocenters. The molecular formula is C31H25N3O. The molecule has 6 rings (SSSR count). The summed E-state index contributed by atoms with van der Waals surface area (Å²) in [4.78, 5) is 18.8. The second kappa shape index (κ2) is 8.10. The smallest absolute Gasteiger partial charge is 0.196 e. The van der Waals surface area contributed by atoms with Crippen molar-refractivity contribution in [2.75, 3.05) is 10.6 Å². The first-order valence-electron chi connectivity index (χ1n) is 11.8. The van der Waals surface area contributed by atoms with Gasteiger partial charge in [-0.2, -0.15) is 0 Å². The summed E-state index contributed by atoms with van der Waals surface area (Å²) in [5.74, 6) is 0.0141. The topological polar surface area (TPSA) is 54.0 Å². The Kier molecular flexibility index (Phi) is 4.89. The Balaban J connectivity index is 1.64. The fourth-order valence-corrected chi connectivity index (χ4v) is 4.82. The van der Waals surface area contributed by atoms with Gasteiger partial charge in [-0.3, -0.25) is 9.78 Å². The quantitative estimate of drug-likeness (QED) is 0.284. The van der Waals surface area contributed by atoms with E-state index in [4.69, 9.17) is 4.98 Å². The van der Waals surface area contributed by atoms with Gasteiger partial charge in [-0.05, 0) is 68.3 Å². The molecule has 0 fully saturated rings. The largest absolute Gasteiger partial charge is 0.355 e. The number of carbonyl (C=O) groups excluding carboxylic acids is 1. The van der Waals surface area contributed by atoms with E-state index in [1.54, 1.807) is 0 Å². The molecule has 4 heteroatoms. The van der Waals surface area contributed by atoms with Crippen LogP contribution in [0.5, 0.6) is 0 Å². The highest BCUT2D eigenvalue weighted by Gasteiger charge is 2.30. The van der Waals surface area contributed by atoms with E-state index >= 15 is 0 Å². The first kappa shape index (κ1) is 21.1. The van der Waals surface area contributed by atoms with Crippen LogP contribution in [0.4, 0.5) is 22.7 Å². The second-order valence-electron chi connectivity index (χ2n) is 9.24. The van der Waals surface area contributed by atoms with Crippen LogP contribution in [0.15, 0.2) is 84.9 Å². The number of anilines is 4. The van der Waals surface area contributed by atoms with Crippen molar-refractivity contribution in [2.45, 2.75) is 20.8 Å². The van der Waals surface area contributed by atoms with Crippen LogP contribution in [0.1, 0.15) is 32.7 Å². The highest BCUT2D eigenvalue weighted by atomic mass is 16.1. The monoisotopic (exact) mass is 455 g/mol. The normalized spacial score (nSPS) is 11.9. The number of carbonyl (C=O) groups is 1. The van der Waals surface area contributed by atoms with Gasteiger partial charge in [0.15, 0.2) is 5.78 Å². The molecule has 1 aliphatic rings. The van der Waals surface area contributed by atoms with Crippen molar-refractivity contribution in [2.24, 2.45) is 0 Å². The van der Waals surface area contributed by atoms with Crippen molar-refractivity contribution < 1.29 is 4.79 Å². The van der Waals surface area contributed by atoms with E-state index in [1.807, 2.05) is 49.4 Å². The van der Waals surface area contributed by atoms with Crippen LogP contribution in [-0.4, -0.2) is 10.8 Å². The van der Waals surface area contributed by atoms with E-state index < -0.39 is 0 Å². The molecule has 170 valence electrons. The number of hydrogen-bond donors (Lipinski definition) is 2. The molecule has 0 saturated carbocycles. The van der Waals surface area contributed by atoms with Gasteiger partial charge in [0.25, 0.3) is 0 Å². The maximum absolute atomic E-state index is 13.9. The molecule has 0 unspecified atom stereocenters. The van der Waals surface area contributed by atoms with E-state index in [-0.39, 0.29) is 5.78 Å². The number of rotatable bonds is 4. The van der Waals surface area contributed by atoms with Crippen molar-refractivity contribution in [1.29, 1.82) is 0 Å². The van der Waals surface area contributed by atoms with Gasteiger partial charge >= 0.3 is 0 Å². The van der Waals surface area contributed by atoms with Gasteiger partial charge in [-0.1, -0.05) is 59.7 Å². The Bertz CT molecular complexity index is 1620. The lowest BCUT2D eigenvalue weighted by Gasteiger charge is -2.25.